The van der Waals surface area contributed by atoms with Gasteiger partial charge in [0.2, 0.25) is 5.95 Å². The predicted molar refractivity (Wildman–Crippen MR) is 196 cm³/mol. The largest absolute Gasteiger partial charge is 0.464 e. The van der Waals surface area contributed by atoms with Gasteiger partial charge in [0.25, 0.3) is 5.91 Å². The van der Waals surface area contributed by atoms with Gasteiger partial charge in [-0.25, -0.2) is 14.8 Å². The number of anilines is 3. The van der Waals surface area contributed by atoms with Gasteiger partial charge < -0.3 is 29.0 Å². The number of halogens is 3. The number of carbonyl (C=O) groups is 2. The maximum Gasteiger partial charge on any atom is 0.418 e. The Morgan fingerprint density at radius 2 is 1.89 bits per heavy atom. The van der Waals surface area contributed by atoms with E-state index in [0.29, 0.717) is 56.9 Å². The standard InChI is InChI=1S/C38H45F3N8O5/c1-4-53-31(50)20-54-26-11-14-49(19-26)25-9-10-28(42-18-25)35(51)47-36-45-33-30(48(2)21-37(22-52-3)12-5-6-13-37)16-29(44-34(33)46-36)24-15-27(38(39,40)41)32(43-17-24)23-7-8-23/h9-10,15-18,23,26H,4-8,11-14,19-22H2,1-3H3,(H2,44,45,46,47,51)/t26-/m0/s1. The smallest absolute Gasteiger partial charge is 0.418 e. The Morgan fingerprint density at radius 1 is 1.09 bits per heavy atom. The lowest BCUT2D eigenvalue weighted by Crippen LogP contribution is -2.37. The van der Waals surface area contributed by atoms with E-state index in [9.17, 15) is 22.8 Å². The number of H-pyrrole nitrogens is 1. The number of alkyl halides is 3. The minimum Gasteiger partial charge on any atom is -0.464 e. The van der Waals surface area contributed by atoms with E-state index in [0.717, 1.165) is 43.9 Å². The molecule has 1 atom stereocenters. The van der Waals surface area contributed by atoms with Crippen LogP contribution in [0.5, 0.6) is 0 Å². The summed E-state index contributed by atoms with van der Waals surface area (Å²) in [5, 5.41) is 2.78. The van der Waals surface area contributed by atoms with Gasteiger partial charge in [0, 0.05) is 56.9 Å². The number of rotatable bonds is 14. The summed E-state index contributed by atoms with van der Waals surface area (Å²) in [6.45, 7) is 4.44. The first kappa shape index (κ1) is 37.5. The second-order valence-electron chi connectivity index (χ2n) is 14.6. The molecule has 3 aliphatic rings. The number of pyridine rings is 3. The molecule has 4 aromatic rings. The van der Waals surface area contributed by atoms with E-state index in [1.165, 1.54) is 6.20 Å². The van der Waals surface area contributed by atoms with Crippen molar-refractivity contribution in [2.24, 2.45) is 5.41 Å². The highest BCUT2D eigenvalue weighted by molar-refractivity contribution is 6.03. The van der Waals surface area contributed by atoms with Gasteiger partial charge in [0.15, 0.2) is 5.65 Å². The van der Waals surface area contributed by atoms with E-state index >= 15 is 0 Å². The van der Waals surface area contributed by atoms with Crippen LogP contribution in [-0.2, 0) is 25.2 Å². The number of methoxy groups -OCH3 is 1. The Labute approximate surface area is 311 Å². The molecule has 0 aromatic carbocycles. The van der Waals surface area contributed by atoms with Crippen LogP contribution >= 0.6 is 0 Å². The Balaban J connectivity index is 1.13. The average Bonchev–Trinajstić information content (AvgIpc) is 3.49. The summed E-state index contributed by atoms with van der Waals surface area (Å²) < 4.78 is 58.9. The molecule has 54 heavy (non-hydrogen) atoms. The zero-order valence-corrected chi connectivity index (χ0v) is 30.7. The zero-order valence-electron chi connectivity index (χ0n) is 30.7. The lowest BCUT2D eigenvalue weighted by atomic mass is 9.86. The van der Waals surface area contributed by atoms with Crippen molar-refractivity contribution < 1.29 is 37.0 Å². The highest BCUT2D eigenvalue weighted by Crippen LogP contribution is 2.46. The second-order valence-corrected chi connectivity index (χ2v) is 14.6. The van der Waals surface area contributed by atoms with Crippen LogP contribution in [-0.4, -0.2) is 96.5 Å². The third-order valence-corrected chi connectivity index (χ3v) is 10.5. The molecule has 3 fully saturated rings. The van der Waals surface area contributed by atoms with Gasteiger partial charge in [-0.1, -0.05) is 12.8 Å². The van der Waals surface area contributed by atoms with Crippen molar-refractivity contribution in [2.75, 3.05) is 68.7 Å². The highest BCUT2D eigenvalue weighted by Gasteiger charge is 2.40. The number of fused-ring (bicyclic) bond motifs is 1. The number of nitrogens with zero attached hydrogens (tertiary/aromatic N) is 6. The highest BCUT2D eigenvalue weighted by atomic mass is 19.4. The zero-order chi connectivity index (χ0) is 38.0. The molecule has 13 nitrogen and oxygen atoms in total. The number of nitrogens with one attached hydrogen (secondary N) is 2. The van der Waals surface area contributed by atoms with Crippen LogP contribution < -0.4 is 15.1 Å². The SMILES string of the molecule is CCOC(=O)CO[C@H]1CCN(c2ccc(C(=O)Nc3nc4nc(-c5cnc(C6CC6)c(C(F)(F)F)c5)cc(N(C)CC5(COC)CCCC5)c4[nH]3)nc2)C1. The number of aromatic nitrogens is 5. The van der Waals surface area contributed by atoms with Crippen molar-refractivity contribution >= 4 is 40.4 Å². The maximum atomic E-state index is 14.2. The van der Waals surface area contributed by atoms with Gasteiger partial charge in [-0.15, -0.1) is 0 Å². The molecule has 2 saturated carbocycles. The van der Waals surface area contributed by atoms with Crippen LogP contribution in [0.1, 0.15) is 79.5 Å². The van der Waals surface area contributed by atoms with E-state index < -0.39 is 23.6 Å². The number of imidazole rings is 1. The van der Waals surface area contributed by atoms with Gasteiger partial charge in [-0.2, -0.15) is 18.2 Å². The summed E-state index contributed by atoms with van der Waals surface area (Å²) in [7, 11) is 3.63. The number of amides is 1. The van der Waals surface area contributed by atoms with Gasteiger partial charge in [0.05, 0.1) is 53.8 Å². The summed E-state index contributed by atoms with van der Waals surface area (Å²) in [4.78, 5) is 50.3. The summed E-state index contributed by atoms with van der Waals surface area (Å²) in [5.41, 5.74) is 2.14. The van der Waals surface area contributed by atoms with Crippen LogP contribution in [0.25, 0.3) is 22.4 Å². The second kappa shape index (κ2) is 15.5. The summed E-state index contributed by atoms with van der Waals surface area (Å²) in [6, 6.07) is 6.29. The summed E-state index contributed by atoms with van der Waals surface area (Å²) in [6.07, 6.45) is 4.65. The molecule has 16 heteroatoms. The van der Waals surface area contributed by atoms with Crippen LogP contribution in [0, 0.1) is 5.41 Å². The minimum absolute atomic E-state index is 0.0727. The molecule has 1 saturated heterocycles. The number of carbonyl (C=O) groups excluding carboxylic acids is 2. The van der Waals surface area contributed by atoms with Gasteiger partial charge in [0.1, 0.15) is 17.8 Å². The molecule has 4 aromatic heterocycles. The number of esters is 1. The lowest BCUT2D eigenvalue weighted by Gasteiger charge is -2.34. The van der Waals surface area contributed by atoms with Crippen molar-refractivity contribution in [3.8, 4) is 11.3 Å². The molecule has 5 heterocycles. The fourth-order valence-corrected chi connectivity index (χ4v) is 7.74. The van der Waals surface area contributed by atoms with E-state index in [2.05, 4.69) is 40.0 Å². The Hall–Kier alpha value is -4.83. The molecule has 2 N–H and O–H groups in total. The minimum atomic E-state index is -4.56. The summed E-state index contributed by atoms with van der Waals surface area (Å²) in [5.74, 6) is -0.971. The number of hydrogen-bond donors (Lipinski definition) is 2. The molecule has 0 unspecified atom stereocenters. The van der Waals surface area contributed by atoms with E-state index in [1.54, 1.807) is 38.4 Å². The Kier molecular flexibility index (Phi) is 10.8. The lowest BCUT2D eigenvalue weighted by molar-refractivity contribution is -0.150. The fourth-order valence-electron chi connectivity index (χ4n) is 7.74. The first-order valence-electron chi connectivity index (χ1n) is 18.4. The van der Waals surface area contributed by atoms with E-state index in [4.69, 9.17) is 14.2 Å². The maximum absolute atomic E-state index is 14.2. The van der Waals surface area contributed by atoms with Crippen LogP contribution in [0.15, 0.2) is 36.7 Å². The van der Waals surface area contributed by atoms with Gasteiger partial charge >= 0.3 is 12.1 Å². The average molecular weight is 751 g/mol. The summed E-state index contributed by atoms with van der Waals surface area (Å²) >= 11 is 0. The molecule has 0 spiro atoms. The topological polar surface area (TPSA) is 148 Å². The van der Waals surface area contributed by atoms with Crippen LogP contribution in [0.3, 0.4) is 0 Å². The first-order valence-corrected chi connectivity index (χ1v) is 18.4. The first-order chi connectivity index (χ1) is 25.9. The van der Waals surface area contributed by atoms with Gasteiger partial charge in [-0.05, 0) is 63.3 Å². The number of ether oxygens (including phenoxy) is 3. The number of aromatic amines is 1. The van der Waals surface area contributed by atoms with Crippen molar-refractivity contribution in [2.45, 2.75) is 70.1 Å². The Morgan fingerprint density at radius 3 is 2.57 bits per heavy atom. The molecule has 1 amide bonds. The molecule has 7 rings (SSSR count). The van der Waals surface area contributed by atoms with Crippen molar-refractivity contribution in [1.29, 1.82) is 0 Å². The van der Waals surface area contributed by atoms with Crippen molar-refractivity contribution in [3.63, 3.8) is 0 Å². The number of hydrogen-bond acceptors (Lipinski definition) is 11. The fraction of sp³-hybridized carbons (Fsp3) is 0.526. The molecular weight excluding hydrogens is 705 g/mol. The third-order valence-electron chi connectivity index (χ3n) is 10.5. The monoisotopic (exact) mass is 750 g/mol. The van der Waals surface area contributed by atoms with E-state index in [-0.39, 0.29) is 58.3 Å². The van der Waals surface area contributed by atoms with E-state index in [1.807, 2.05) is 7.05 Å². The Bertz CT molecular complexity index is 1980. The molecule has 0 bridgehead atoms. The van der Waals surface area contributed by atoms with Crippen LogP contribution in [0.2, 0.25) is 0 Å². The normalized spacial score (nSPS) is 18.3. The quantitative estimate of drug-likeness (QED) is 0.139. The molecule has 1 aliphatic heterocycles. The van der Waals surface area contributed by atoms with Crippen LogP contribution in [0.4, 0.5) is 30.5 Å². The molecular formula is C38H45F3N8O5. The molecule has 0 radical (unpaired) electrons. The molecule has 288 valence electrons. The van der Waals surface area contributed by atoms with Gasteiger partial charge in [-0.3, -0.25) is 15.1 Å². The molecule has 2 aliphatic carbocycles. The predicted octanol–water partition coefficient (Wildman–Crippen LogP) is 6.36. The third kappa shape index (κ3) is 8.28. The van der Waals surface area contributed by atoms with Crippen molar-refractivity contribution in [3.05, 3.63) is 53.6 Å². The van der Waals surface area contributed by atoms with Crippen molar-refractivity contribution in [1.82, 2.24) is 24.9 Å².